The van der Waals surface area contributed by atoms with Gasteiger partial charge in [-0.1, -0.05) is 29.4 Å². The van der Waals surface area contributed by atoms with Crippen molar-refractivity contribution < 1.29 is 4.52 Å². The zero-order valence-corrected chi connectivity index (χ0v) is 12.7. The van der Waals surface area contributed by atoms with Crippen LogP contribution in [-0.2, 0) is 24.9 Å². The zero-order valence-electron chi connectivity index (χ0n) is 12.7. The molecule has 5 heteroatoms. The van der Waals surface area contributed by atoms with Crippen LogP contribution in [0.25, 0.3) is 0 Å². The van der Waals surface area contributed by atoms with Crippen LogP contribution in [0.2, 0.25) is 0 Å². The quantitative estimate of drug-likeness (QED) is 0.933. The molecule has 0 saturated carbocycles. The van der Waals surface area contributed by atoms with E-state index in [1.807, 2.05) is 13.8 Å². The molecule has 21 heavy (non-hydrogen) atoms. The third-order valence-electron chi connectivity index (χ3n) is 3.92. The zero-order chi connectivity index (χ0) is 14.9. The highest BCUT2D eigenvalue weighted by Gasteiger charge is 2.22. The minimum absolute atomic E-state index is 0.559. The van der Waals surface area contributed by atoms with Crippen molar-refractivity contribution in [3.8, 4) is 0 Å². The van der Waals surface area contributed by atoms with Gasteiger partial charge in [0.25, 0.3) is 0 Å². The fourth-order valence-electron chi connectivity index (χ4n) is 2.64. The predicted octanol–water partition coefficient (Wildman–Crippen LogP) is 1.86. The summed E-state index contributed by atoms with van der Waals surface area (Å²) in [6, 6.07) is 8.67. The molecule has 0 spiro atoms. The summed E-state index contributed by atoms with van der Waals surface area (Å²) in [7, 11) is 0. The van der Waals surface area contributed by atoms with Gasteiger partial charge in [0, 0.05) is 13.1 Å². The van der Waals surface area contributed by atoms with E-state index in [9.17, 15) is 0 Å². The van der Waals surface area contributed by atoms with Gasteiger partial charge in [-0.25, -0.2) is 0 Å². The fraction of sp³-hybridized carbons (Fsp3) is 0.500. The van der Waals surface area contributed by atoms with Crippen molar-refractivity contribution in [1.82, 2.24) is 15.0 Å². The van der Waals surface area contributed by atoms with Gasteiger partial charge in [-0.15, -0.1) is 0 Å². The Kier molecular flexibility index (Phi) is 3.78. The second-order valence-corrected chi connectivity index (χ2v) is 6.28. The maximum absolute atomic E-state index is 5.99. The highest BCUT2D eigenvalue weighted by molar-refractivity contribution is 5.28. The Morgan fingerprint density at radius 2 is 1.81 bits per heavy atom. The van der Waals surface area contributed by atoms with Gasteiger partial charge in [-0.2, -0.15) is 4.98 Å². The maximum atomic E-state index is 5.99. The molecule has 0 aliphatic carbocycles. The van der Waals surface area contributed by atoms with Gasteiger partial charge in [-0.3, -0.25) is 4.90 Å². The molecule has 1 aliphatic rings. The highest BCUT2D eigenvalue weighted by Crippen LogP contribution is 2.18. The van der Waals surface area contributed by atoms with Gasteiger partial charge in [-0.05, 0) is 37.8 Å². The minimum atomic E-state index is -0.559. The van der Waals surface area contributed by atoms with Crippen molar-refractivity contribution in [2.45, 2.75) is 38.8 Å². The van der Waals surface area contributed by atoms with Crippen LogP contribution in [0, 0.1) is 0 Å². The summed E-state index contributed by atoms with van der Waals surface area (Å²) in [6.45, 7) is 6.48. The SMILES string of the molecule is CC(C)(N)c1noc(CN2CCc3ccccc3CC2)n1. The van der Waals surface area contributed by atoms with Gasteiger partial charge < -0.3 is 10.3 Å². The van der Waals surface area contributed by atoms with Crippen LogP contribution in [0.4, 0.5) is 0 Å². The van der Waals surface area contributed by atoms with Crippen LogP contribution in [0.5, 0.6) is 0 Å². The molecule has 2 N–H and O–H groups in total. The number of fused-ring (bicyclic) bond motifs is 1. The molecular weight excluding hydrogens is 264 g/mol. The molecule has 0 atom stereocenters. The van der Waals surface area contributed by atoms with Crippen LogP contribution in [-0.4, -0.2) is 28.1 Å². The first-order valence-corrected chi connectivity index (χ1v) is 7.43. The molecular formula is C16H22N4O. The predicted molar refractivity (Wildman–Crippen MR) is 80.6 cm³/mol. The molecule has 112 valence electrons. The van der Waals surface area contributed by atoms with E-state index in [4.69, 9.17) is 10.3 Å². The molecule has 3 rings (SSSR count). The number of hydrogen-bond acceptors (Lipinski definition) is 5. The number of benzene rings is 1. The Labute approximate surface area is 125 Å². The summed E-state index contributed by atoms with van der Waals surface area (Å²) < 4.78 is 5.33. The number of rotatable bonds is 3. The first kappa shape index (κ1) is 14.2. The molecule has 2 heterocycles. The third kappa shape index (κ3) is 3.31. The van der Waals surface area contributed by atoms with Crippen molar-refractivity contribution in [2.75, 3.05) is 13.1 Å². The summed E-state index contributed by atoms with van der Waals surface area (Å²) in [6.07, 6.45) is 2.14. The van der Waals surface area contributed by atoms with Crippen LogP contribution < -0.4 is 5.73 Å². The summed E-state index contributed by atoms with van der Waals surface area (Å²) >= 11 is 0. The van der Waals surface area contributed by atoms with Crippen LogP contribution in [0.15, 0.2) is 28.8 Å². The van der Waals surface area contributed by atoms with E-state index < -0.39 is 5.54 Å². The molecule has 0 radical (unpaired) electrons. The van der Waals surface area contributed by atoms with Crippen molar-refractivity contribution in [1.29, 1.82) is 0 Å². The second kappa shape index (κ2) is 5.58. The molecule has 1 aromatic carbocycles. The Balaban J connectivity index is 1.66. The second-order valence-electron chi connectivity index (χ2n) is 6.28. The van der Waals surface area contributed by atoms with Crippen molar-refractivity contribution >= 4 is 0 Å². The molecule has 0 saturated heterocycles. The van der Waals surface area contributed by atoms with Crippen molar-refractivity contribution in [3.63, 3.8) is 0 Å². The molecule has 0 bridgehead atoms. The van der Waals surface area contributed by atoms with E-state index in [0.717, 1.165) is 25.9 Å². The monoisotopic (exact) mass is 286 g/mol. The van der Waals surface area contributed by atoms with E-state index in [0.29, 0.717) is 18.3 Å². The van der Waals surface area contributed by atoms with Gasteiger partial charge in [0.05, 0.1) is 12.1 Å². The lowest BCUT2D eigenvalue weighted by atomic mass is 10.0. The van der Waals surface area contributed by atoms with Gasteiger partial charge in [0.15, 0.2) is 5.82 Å². The number of nitrogens with zero attached hydrogens (tertiary/aromatic N) is 3. The van der Waals surface area contributed by atoms with Crippen LogP contribution >= 0.6 is 0 Å². The average Bonchev–Trinajstić information content (AvgIpc) is 2.82. The molecule has 0 fully saturated rings. The normalized spacial score (nSPS) is 16.5. The van der Waals surface area contributed by atoms with E-state index in [1.165, 1.54) is 11.1 Å². The van der Waals surface area contributed by atoms with Gasteiger partial charge >= 0.3 is 0 Å². The third-order valence-corrected chi connectivity index (χ3v) is 3.92. The van der Waals surface area contributed by atoms with Gasteiger partial charge in [0.1, 0.15) is 0 Å². The standard InChI is InChI=1S/C16H22N4O/c1-16(2,17)15-18-14(21-19-15)11-20-9-7-12-5-3-4-6-13(12)8-10-20/h3-6H,7-11,17H2,1-2H3. The Morgan fingerprint density at radius 1 is 1.19 bits per heavy atom. The van der Waals surface area contributed by atoms with E-state index in [2.05, 4.69) is 39.3 Å². The molecule has 0 amide bonds. The average molecular weight is 286 g/mol. The largest absolute Gasteiger partial charge is 0.338 e. The highest BCUT2D eigenvalue weighted by atomic mass is 16.5. The molecule has 1 aliphatic heterocycles. The summed E-state index contributed by atoms with van der Waals surface area (Å²) in [5, 5.41) is 3.98. The molecule has 1 aromatic heterocycles. The van der Waals surface area contributed by atoms with Gasteiger partial charge in [0.2, 0.25) is 5.89 Å². The van der Waals surface area contributed by atoms with E-state index in [1.54, 1.807) is 0 Å². The number of nitrogens with two attached hydrogens (primary N) is 1. The Bertz CT molecular complexity index is 588. The van der Waals surface area contributed by atoms with E-state index >= 15 is 0 Å². The fourth-order valence-corrected chi connectivity index (χ4v) is 2.64. The molecule has 0 unspecified atom stereocenters. The summed E-state index contributed by atoms with van der Waals surface area (Å²) in [4.78, 5) is 6.77. The molecule has 5 nitrogen and oxygen atoms in total. The van der Waals surface area contributed by atoms with E-state index in [-0.39, 0.29) is 0 Å². The lowest BCUT2D eigenvalue weighted by Gasteiger charge is -2.17. The Morgan fingerprint density at radius 3 is 2.33 bits per heavy atom. The maximum Gasteiger partial charge on any atom is 0.240 e. The number of aromatic nitrogens is 2. The van der Waals surface area contributed by atoms with Crippen LogP contribution in [0.3, 0.4) is 0 Å². The van der Waals surface area contributed by atoms with Crippen molar-refractivity contribution in [3.05, 3.63) is 47.1 Å². The lowest BCUT2D eigenvalue weighted by molar-refractivity contribution is 0.234. The van der Waals surface area contributed by atoms with Crippen molar-refractivity contribution in [2.24, 2.45) is 5.73 Å². The molecule has 2 aromatic rings. The smallest absolute Gasteiger partial charge is 0.240 e. The summed E-state index contributed by atoms with van der Waals surface area (Å²) in [5.41, 5.74) is 8.33. The topological polar surface area (TPSA) is 68.2 Å². The van der Waals surface area contributed by atoms with Crippen LogP contribution in [0.1, 0.15) is 36.7 Å². The minimum Gasteiger partial charge on any atom is -0.338 e. The summed E-state index contributed by atoms with van der Waals surface area (Å²) in [5.74, 6) is 1.21. The first-order valence-electron chi connectivity index (χ1n) is 7.43. The lowest BCUT2D eigenvalue weighted by Crippen LogP contribution is -2.30. The Hall–Kier alpha value is -1.72. The first-order chi connectivity index (χ1) is 10.0. The number of hydrogen-bond donors (Lipinski definition) is 1.